The average Bonchev–Trinajstić information content (AvgIpc) is 2.99. The smallest absolute Gasteiger partial charge is 0.224 e. The van der Waals surface area contributed by atoms with E-state index in [9.17, 15) is 4.79 Å². The summed E-state index contributed by atoms with van der Waals surface area (Å²) in [6.07, 6.45) is 3.78. The number of carbonyl (C=O) groups is 1. The largest absolute Gasteiger partial charge is 0.352 e. The van der Waals surface area contributed by atoms with Gasteiger partial charge < -0.3 is 11.1 Å². The number of nitrogens with two attached hydrogens (primary N) is 1. The zero-order valence-corrected chi connectivity index (χ0v) is 12.7. The van der Waals surface area contributed by atoms with E-state index in [2.05, 4.69) is 10.2 Å². The Bertz CT molecular complexity index is 272. The van der Waals surface area contributed by atoms with Gasteiger partial charge in [-0.1, -0.05) is 6.92 Å². The van der Waals surface area contributed by atoms with E-state index < -0.39 is 0 Å². The Hall–Kier alpha value is -0.0300. The standard InChI is InChI=1S/C12H23N3O.2ClH/c1-8(9(2)13)12(16)14-10-5-6-15(7-10)11-3-4-11;;/h8-11H,3-7,13H2,1-2H3,(H,14,16);2*1H. The molecule has 4 nitrogen and oxygen atoms in total. The topological polar surface area (TPSA) is 58.4 Å². The molecule has 3 atom stereocenters. The third kappa shape index (κ3) is 4.57. The van der Waals surface area contributed by atoms with Crippen LogP contribution < -0.4 is 11.1 Å². The second kappa shape index (κ2) is 7.53. The molecular formula is C12H25Cl2N3O. The Morgan fingerprint density at radius 1 is 1.28 bits per heavy atom. The number of hydrogen-bond donors (Lipinski definition) is 2. The van der Waals surface area contributed by atoms with E-state index in [1.807, 2.05) is 13.8 Å². The van der Waals surface area contributed by atoms with Crippen molar-refractivity contribution in [1.29, 1.82) is 0 Å². The molecule has 6 heteroatoms. The maximum absolute atomic E-state index is 11.8. The van der Waals surface area contributed by atoms with Gasteiger partial charge in [-0.3, -0.25) is 9.69 Å². The molecule has 2 rings (SSSR count). The SMILES string of the molecule is CC(N)C(C)C(=O)NC1CCN(C2CC2)C1.Cl.Cl. The predicted octanol–water partition coefficient (Wildman–Crippen LogP) is 1.17. The van der Waals surface area contributed by atoms with Crippen molar-refractivity contribution in [3.05, 3.63) is 0 Å². The minimum absolute atomic E-state index is 0. The van der Waals surface area contributed by atoms with Crippen LogP contribution in [0.15, 0.2) is 0 Å². The van der Waals surface area contributed by atoms with Crippen LogP contribution in [0, 0.1) is 5.92 Å². The van der Waals surface area contributed by atoms with Crippen LogP contribution in [0.3, 0.4) is 0 Å². The summed E-state index contributed by atoms with van der Waals surface area (Å²) in [7, 11) is 0. The lowest BCUT2D eigenvalue weighted by molar-refractivity contribution is -0.125. The molecule has 0 aromatic rings. The zero-order chi connectivity index (χ0) is 11.7. The molecule has 0 bridgehead atoms. The van der Waals surface area contributed by atoms with Crippen molar-refractivity contribution in [2.45, 2.75) is 51.2 Å². The van der Waals surface area contributed by atoms with E-state index in [1.165, 1.54) is 12.8 Å². The molecule has 2 fully saturated rings. The first kappa shape index (κ1) is 18.0. The summed E-state index contributed by atoms with van der Waals surface area (Å²) in [5, 5.41) is 3.11. The number of amides is 1. The summed E-state index contributed by atoms with van der Waals surface area (Å²) in [6, 6.07) is 1.09. The lowest BCUT2D eigenvalue weighted by Crippen LogP contribution is -2.44. The van der Waals surface area contributed by atoms with Gasteiger partial charge in [-0.25, -0.2) is 0 Å². The van der Waals surface area contributed by atoms with Crippen LogP contribution in [0.1, 0.15) is 33.1 Å². The third-order valence-electron chi connectivity index (χ3n) is 3.83. The summed E-state index contributed by atoms with van der Waals surface area (Å²) >= 11 is 0. The van der Waals surface area contributed by atoms with E-state index in [0.717, 1.165) is 25.6 Å². The van der Waals surface area contributed by atoms with E-state index in [-0.39, 0.29) is 42.7 Å². The molecule has 2 aliphatic rings. The van der Waals surface area contributed by atoms with E-state index in [0.29, 0.717) is 6.04 Å². The van der Waals surface area contributed by atoms with Crippen molar-refractivity contribution in [3.8, 4) is 0 Å². The first-order valence-electron chi connectivity index (χ1n) is 6.38. The van der Waals surface area contributed by atoms with Gasteiger partial charge in [0.1, 0.15) is 0 Å². The molecule has 1 aliphatic carbocycles. The van der Waals surface area contributed by atoms with E-state index in [1.54, 1.807) is 0 Å². The maximum atomic E-state index is 11.8. The molecular weight excluding hydrogens is 273 g/mol. The Labute approximate surface area is 122 Å². The lowest BCUT2D eigenvalue weighted by Gasteiger charge is -2.20. The number of rotatable bonds is 4. The normalized spacial score (nSPS) is 26.7. The molecule has 3 N–H and O–H groups in total. The molecule has 1 aliphatic heterocycles. The van der Waals surface area contributed by atoms with Crippen molar-refractivity contribution >= 4 is 30.7 Å². The Morgan fingerprint density at radius 3 is 2.39 bits per heavy atom. The van der Waals surface area contributed by atoms with Crippen molar-refractivity contribution in [2.24, 2.45) is 11.7 Å². The average molecular weight is 298 g/mol. The predicted molar refractivity (Wildman–Crippen MR) is 78.5 cm³/mol. The molecule has 1 amide bonds. The first-order chi connectivity index (χ1) is 7.58. The van der Waals surface area contributed by atoms with Crippen LogP contribution in [0.2, 0.25) is 0 Å². The van der Waals surface area contributed by atoms with Gasteiger partial charge in [-0.2, -0.15) is 0 Å². The molecule has 0 spiro atoms. The van der Waals surface area contributed by atoms with E-state index in [4.69, 9.17) is 5.73 Å². The lowest BCUT2D eigenvalue weighted by atomic mass is 10.0. The summed E-state index contributed by atoms with van der Waals surface area (Å²) in [5.41, 5.74) is 5.73. The van der Waals surface area contributed by atoms with Crippen LogP contribution in [0.25, 0.3) is 0 Å². The van der Waals surface area contributed by atoms with Gasteiger partial charge >= 0.3 is 0 Å². The van der Waals surface area contributed by atoms with Crippen LogP contribution in [-0.4, -0.2) is 42.0 Å². The summed E-state index contributed by atoms with van der Waals surface area (Å²) in [5.74, 6) is 0.0209. The van der Waals surface area contributed by atoms with Gasteiger partial charge in [-0.05, 0) is 26.2 Å². The van der Waals surface area contributed by atoms with Gasteiger partial charge in [0.15, 0.2) is 0 Å². The fraction of sp³-hybridized carbons (Fsp3) is 0.917. The van der Waals surface area contributed by atoms with Crippen molar-refractivity contribution in [2.75, 3.05) is 13.1 Å². The van der Waals surface area contributed by atoms with E-state index >= 15 is 0 Å². The van der Waals surface area contributed by atoms with Crippen molar-refractivity contribution in [3.63, 3.8) is 0 Å². The molecule has 18 heavy (non-hydrogen) atoms. The van der Waals surface area contributed by atoms with Crippen molar-refractivity contribution < 1.29 is 4.79 Å². The van der Waals surface area contributed by atoms with Gasteiger partial charge in [0, 0.05) is 37.1 Å². The highest BCUT2D eigenvalue weighted by Gasteiger charge is 2.35. The summed E-state index contributed by atoms with van der Waals surface area (Å²) < 4.78 is 0. The number of halogens is 2. The molecule has 0 aromatic carbocycles. The fourth-order valence-electron chi connectivity index (χ4n) is 2.25. The summed E-state index contributed by atoms with van der Waals surface area (Å²) in [4.78, 5) is 14.3. The molecule has 3 unspecified atom stereocenters. The van der Waals surface area contributed by atoms with Crippen LogP contribution in [0.5, 0.6) is 0 Å². The molecule has 1 heterocycles. The van der Waals surface area contributed by atoms with Crippen LogP contribution in [-0.2, 0) is 4.79 Å². The highest BCUT2D eigenvalue weighted by Crippen LogP contribution is 2.29. The highest BCUT2D eigenvalue weighted by molar-refractivity contribution is 5.85. The van der Waals surface area contributed by atoms with Crippen LogP contribution >= 0.6 is 24.8 Å². The van der Waals surface area contributed by atoms with Crippen molar-refractivity contribution in [1.82, 2.24) is 10.2 Å². The third-order valence-corrected chi connectivity index (χ3v) is 3.83. The Kier molecular flexibility index (Phi) is 7.52. The number of carbonyl (C=O) groups excluding carboxylic acids is 1. The number of nitrogens with zero attached hydrogens (tertiary/aromatic N) is 1. The second-order valence-electron chi connectivity index (χ2n) is 5.37. The minimum atomic E-state index is -0.0880. The quantitative estimate of drug-likeness (QED) is 0.819. The van der Waals surface area contributed by atoms with Gasteiger partial charge in [0.05, 0.1) is 0 Å². The fourth-order valence-corrected chi connectivity index (χ4v) is 2.25. The highest BCUT2D eigenvalue weighted by atomic mass is 35.5. The number of nitrogens with one attached hydrogen (secondary N) is 1. The molecule has 1 saturated heterocycles. The molecule has 0 aromatic heterocycles. The first-order valence-corrected chi connectivity index (χ1v) is 6.38. The zero-order valence-electron chi connectivity index (χ0n) is 11.1. The minimum Gasteiger partial charge on any atom is -0.352 e. The number of likely N-dealkylation sites (tertiary alicyclic amines) is 1. The van der Waals surface area contributed by atoms with Gasteiger partial charge in [0.2, 0.25) is 5.91 Å². The Morgan fingerprint density at radius 2 is 1.89 bits per heavy atom. The molecule has 1 saturated carbocycles. The Balaban J connectivity index is 0.00000144. The van der Waals surface area contributed by atoms with Gasteiger partial charge in [-0.15, -0.1) is 24.8 Å². The number of hydrogen-bond acceptors (Lipinski definition) is 3. The molecule has 0 radical (unpaired) electrons. The second-order valence-corrected chi connectivity index (χ2v) is 5.37. The monoisotopic (exact) mass is 297 g/mol. The van der Waals surface area contributed by atoms with Gasteiger partial charge in [0.25, 0.3) is 0 Å². The molecule has 108 valence electrons. The summed E-state index contributed by atoms with van der Waals surface area (Å²) in [6.45, 7) is 5.95. The maximum Gasteiger partial charge on any atom is 0.224 e. The van der Waals surface area contributed by atoms with Crippen LogP contribution in [0.4, 0.5) is 0 Å².